The van der Waals surface area contributed by atoms with Gasteiger partial charge in [0.25, 0.3) is 5.56 Å². The van der Waals surface area contributed by atoms with E-state index in [4.69, 9.17) is 5.73 Å². The van der Waals surface area contributed by atoms with Crippen LogP contribution in [-0.4, -0.2) is 4.57 Å². The van der Waals surface area contributed by atoms with Crippen molar-refractivity contribution in [1.82, 2.24) is 4.57 Å². The molecular weight excluding hydrogens is 212 g/mol. The molecule has 88 valence electrons. The molecule has 3 nitrogen and oxygen atoms in total. The van der Waals surface area contributed by atoms with E-state index in [-0.39, 0.29) is 11.6 Å². The molecule has 1 aromatic carbocycles. The Kier molecular flexibility index (Phi) is 3.40. The lowest BCUT2D eigenvalue weighted by atomic mass is 10.1. The van der Waals surface area contributed by atoms with Gasteiger partial charge in [-0.15, -0.1) is 0 Å². The second-order valence-electron chi connectivity index (χ2n) is 4.21. The van der Waals surface area contributed by atoms with Gasteiger partial charge in [0.05, 0.1) is 0 Å². The number of hydrogen-bond donors (Lipinski definition) is 1. The van der Waals surface area contributed by atoms with Crippen molar-refractivity contribution in [1.29, 1.82) is 0 Å². The van der Waals surface area contributed by atoms with Crippen molar-refractivity contribution in [3.63, 3.8) is 0 Å². The Morgan fingerprint density at radius 1 is 1.24 bits per heavy atom. The molecule has 0 saturated carbocycles. The molecule has 0 aliphatic rings. The average molecular weight is 228 g/mol. The molecule has 1 aromatic heterocycles. The summed E-state index contributed by atoms with van der Waals surface area (Å²) in [7, 11) is 0. The Morgan fingerprint density at radius 2 is 2.06 bits per heavy atom. The maximum absolute atomic E-state index is 11.6. The van der Waals surface area contributed by atoms with Gasteiger partial charge in [0.2, 0.25) is 0 Å². The molecule has 2 N–H and O–H groups in total. The van der Waals surface area contributed by atoms with Crippen LogP contribution in [0.2, 0.25) is 0 Å². The standard InChI is InChI=1S/C14H16N2O/c1-11-5-4-6-12(9-11)13(15)10-16-8-3-2-7-14(16)17/h2-9,13H,10,15H2,1H3. The minimum Gasteiger partial charge on any atom is -0.322 e. The third-order valence-corrected chi connectivity index (χ3v) is 2.76. The van der Waals surface area contributed by atoms with E-state index >= 15 is 0 Å². The number of pyridine rings is 1. The number of rotatable bonds is 3. The van der Waals surface area contributed by atoms with Gasteiger partial charge in [-0.1, -0.05) is 35.9 Å². The number of hydrogen-bond acceptors (Lipinski definition) is 2. The van der Waals surface area contributed by atoms with Crippen molar-refractivity contribution in [2.45, 2.75) is 19.5 Å². The predicted octanol–water partition coefficient (Wildman–Crippen LogP) is 1.86. The maximum atomic E-state index is 11.6. The Labute approximate surface area is 101 Å². The lowest BCUT2D eigenvalue weighted by Gasteiger charge is -2.14. The SMILES string of the molecule is Cc1cccc(C(N)Cn2ccccc2=O)c1. The quantitative estimate of drug-likeness (QED) is 0.871. The molecule has 0 amide bonds. The van der Waals surface area contributed by atoms with Gasteiger partial charge < -0.3 is 10.3 Å². The first-order chi connectivity index (χ1) is 8.16. The van der Waals surface area contributed by atoms with Gasteiger partial charge in [-0.25, -0.2) is 0 Å². The molecule has 0 aliphatic heterocycles. The molecule has 0 spiro atoms. The fourth-order valence-electron chi connectivity index (χ4n) is 1.83. The monoisotopic (exact) mass is 228 g/mol. The van der Waals surface area contributed by atoms with E-state index in [1.54, 1.807) is 22.9 Å². The van der Waals surface area contributed by atoms with Crippen molar-refractivity contribution in [3.8, 4) is 0 Å². The topological polar surface area (TPSA) is 48.0 Å². The molecule has 0 aliphatic carbocycles. The minimum absolute atomic E-state index is 0.0180. The number of benzene rings is 1. The van der Waals surface area contributed by atoms with Crippen molar-refractivity contribution in [2.24, 2.45) is 5.73 Å². The van der Waals surface area contributed by atoms with Crippen LogP contribution < -0.4 is 11.3 Å². The van der Waals surface area contributed by atoms with Crippen LogP contribution in [0.25, 0.3) is 0 Å². The van der Waals surface area contributed by atoms with Crippen molar-refractivity contribution in [3.05, 3.63) is 70.1 Å². The molecule has 3 heteroatoms. The van der Waals surface area contributed by atoms with E-state index in [2.05, 4.69) is 6.07 Å². The fourth-order valence-corrected chi connectivity index (χ4v) is 1.83. The number of nitrogens with two attached hydrogens (primary N) is 1. The van der Waals surface area contributed by atoms with Gasteiger partial charge >= 0.3 is 0 Å². The predicted molar refractivity (Wildman–Crippen MR) is 68.8 cm³/mol. The lowest BCUT2D eigenvalue weighted by molar-refractivity contribution is 0.561. The van der Waals surface area contributed by atoms with Gasteiger partial charge in [0, 0.05) is 24.8 Å². The third-order valence-electron chi connectivity index (χ3n) is 2.76. The largest absolute Gasteiger partial charge is 0.322 e. The van der Waals surface area contributed by atoms with Crippen LogP contribution in [0, 0.1) is 6.92 Å². The number of nitrogens with zero attached hydrogens (tertiary/aromatic N) is 1. The summed E-state index contributed by atoms with van der Waals surface area (Å²) < 4.78 is 1.63. The zero-order valence-electron chi connectivity index (χ0n) is 9.84. The highest BCUT2D eigenvalue weighted by molar-refractivity contribution is 5.24. The fraction of sp³-hybridized carbons (Fsp3) is 0.214. The summed E-state index contributed by atoms with van der Waals surface area (Å²) in [6.07, 6.45) is 1.76. The van der Waals surface area contributed by atoms with Gasteiger partial charge in [0.15, 0.2) is 0 Å². The summed E-state index contributed by atoms with van der Waals surface area (Å²) in [5.41, 5.74) is 8.32. The molecule has 0 fully saturated rings. The zero-order chi connectivity index (χ0) is 12.3. The molecule has 1 heterocycles. The molecule has 0 radical (unpaired) electrons. The lowest BCUT2D eigenvalue weighted by Crippen LogP contribution is -2.25. The summed E-state index contributed by atoms with van der Waals surface area (Å²) in [5, 5.41) is 0. The zero-order valence-corrected chi connectivity index (χ0v) is 9.84. The number of aromatic nitrogens is 1. The van der Waals surface area contributed by atoms with E-state index in [1.807, 2.05) is 31.2 Å². The smallest absolute Gasteiger partial charge is 0.250 e. The van der Waals surface area contributed by atoms with Crippen LogP contribution in [0.15, 0.2) is 53.5 Å². The van der Waals surface area contributed by atoms with E-state index in [0.29, 0.717) is 6.54 Å². The van der Waals surface area contributed by atoms with Crippen molar-refractivity contribution < 1.29 is 0 Å². The molecule has 2 aromatic rings. The average Bonchev–Trinajstić information content (AvgIpc) is 2.32. The molecule has 17 heavy (non-hydrogen) atoms. The van der Waals surface area contributed by atoms with E-state index in [9.17, 15) is 4.79 Å². The second-order valence-corrected chi connectivity index (χ2v) is 4.21. The normalized spacial score (nSPS) is 12.4. The summed E-state index contributed by atoms with van der Waals surface area (Å²) in [6.45, 7) is 2.54. The summed E-state index contributed by atoms with van der Waals surface area (Å²) >= 11 is 0. The summed E-state index contributed by atoms with van der Waals surface area (Å²) in [5.74, 6) is 0. The summed E-state index contributed by atoms with van der Waals surface area (Å²) in [6, 6.07) is 13.0. The second kappa shape index (κ2) is 4.97. The van der Waals surface area contributed by atoms with Crippen molar-refractivity contribution >= 4 is 0 Å². The van der Waals surface area contributed by atoms with Gasteiger partial charge in [-0.05, 0) is 18.6 Å². The van der Waals surface area contributed by atoms with E-state index in [1.165, 1.54) is 5.56 Å². The van der Waals surface area contributed by atoms with Crippen LogP contribution >= 0.6 is 0 Å². The van der Waals surface area contributed by atoms with Crippen LogP contribution in [0.3, 0.4) is 0 Å². The Bertz CT molecular complexity index is 560. The highest BCUT2D eigenvalue weighted by atomic mass is 16.1. The first-order valence-electron chi connectivity index (χ1n) is 5.64. The molecular formula is C14H16N2O. The molecule has 0 bridgehead atoms. The van der Waals surface area contributed by atoms with Gasteiger partial charge in [-0.3, -0.25) is 4.79 Å². The molecule has 1 unspecified atom stereocenters. The molecule has 1 atom stereocenters. The Morgan fingerprint density at radius 3 is 2.76 bits per heavy atom. The van der Waals surface area contributed by atoms with Crippen LogP contribution in [0.5, 0.6) is 0 Å². The minimum atomic E-state index is -0.157. The number of aryl methyl sites for hydroxylation is 1. The maximum Gasteiger partial charge on any atom is 0.250 e. The van der Waals surface area contributed by atoms with Gasteiger partial charge in [-0.2, -0.15) is 0 Å². The third kappa shape index (κ3) is 2.82. The van der Waals surface area contributed by atoms with Gasteiger partial charge in [0.1, 0.15) is 0 Å². The molecule has 2 rings (SSSR count). The van der Waals surface area contributed by atoms with E-state index < -0.39 is 0 Å². The summed E-state index contributed by atoms with van der Waals surface area (Å²) in [4.78, 5) is 11.6. The van der Waals surface area contributed by atoms with Crippen molar-refractivity contribution in [2.75, 3.05) is 0 Å². The molecule has 0 saturated heterocycles. The van der Waals surface area contributed by atoms with Crippen LogP contribution in [0.4, 0.5) is 0 Å². The highest BCUT2D eigenvalue weighted by Gasteiger charge is 2.07. The Hall–Kier alpha value is -1.87. The van der Waals surface area contributed by atoms with Crippen LogP contribution in [-0.2, 0) is 6.54 Å². The van der Waals surface area contributed by atoms with E-state index in [0.717, 1.165) is 5.56 Å². The highest BCUT2D eigenvalue weighted by Crippen LogP contribution is 2.13. The first-order valence-corrected chi connectivity index (χ1v) is 5.64. The Balaban J connectivity index is 2.20. The van der Waals surface area contributed by atoms with Crippen LogP contribution in [0.1, 0.15) is 17.2 Å². The first kappa shape index (κ1) is 11.6.